The highest BCUT2D eigenvalue weighted by Crippen LogP contribution is 2.22. The van der Waals surface area contributed by atoms with Gasteiger partial charge in [0.1, 0.15) is 0 Å². The number of nitrogen functional groups attached to an aromatic ring is 1. The predicted molar refractivity (Wildman–Crippen MR) is 91.2 cm³/mol. The first-order valence-electron chi connectivity index (χ1n) is 7.83. The summed E-state index contributed by atoms with van der Waals surface area (Å²) in [6.45, 7) is 0. The number of rotatable bonds is 3. The van der Waals surface area contributed by atoms with E-state index in [2.05, 4.69) is 15.3 Å². The van der Waals surface area contributed by atoms with Gasteiger partial charge >= 0.3 is 0 Å². The molecule has 1 aliphatic carbocycles. The van der Waals surface area contributed by atoms with Crippen molar-refractivity contribution in [3.8, 4) is 11.3 Å². The Balaban J connectivity index is 1.82. The Labute approximate surface area is 140 Å². The number of hydrogen-bond donors (Lipinski definition) is 2. The van der Waals surface area contributed by atoms with Crippen LogP contribution in [0.25, 0.3) is 11.3 Å². The third-order valence-electron chi connectivity index (χ3n) is 4.10. The number of nitrogens with zero attached hydrogens (tertiary/aromatic N) is 2. The van der Waals surface area contributed by atoms with Gasteiger partial charge in [0.25, 0.3) is 5.91 Å². The summed E-state index contributed by atoms with van der Waals surface area (Å²) < 4.78 is 0. The molecule has 1 aliphatic rings. The van der Waals surface area contributed by atoms with Gasteiger partial charge in [-0.05, 0) is 25.0 Å². The molecule has 1 fully saturated rings. The number of amides is 1. The van der Waals surface area contributed by atoms with Crippen LogP contribution in [0.4, 0.5) is 5.82 Å². The summed E-state index contributed by atoms with van der Waals surface area (Å²) >= 11 is 5.89. The standard InChI is InChI=1S/C17H19ClN4O/c18-12-8-6-11(7-9-12)14-10-20-16(19)15(22-14)17(23)21-13-4-2-1-3-5-13/h6-10,13H,1-5H2,(H2,19,20)(H,21,23). The van der Waals surface area contributed by atoms with Gasteiger partial charge in [0.2, 0.25) is 0 Å². The molecule has 1 saturated carbocycles. The Kier molecular flexibility index (Phi) is 4.76. The van der Waals surface area contributed by atoms with Gasteiger partial charge < -0.3 is 11.1 Å². The molecule has 0 unspecified atom stereocenters. The first kappa shape index (κ1) is 15.7. The lowest BCUT2D eigenvalue weighted by atomic mass is 9.95. The van der Waals surface area contributed by atoms with Crippen LogP contribution in [0.5, 0.6) is 0 Å². The van der Waals surface area contributed by atoms with Crippen LogP contribution in [-0.4, -0.2) is 21.9 Å². The zero-order valence-corrected chi connectivity index (χ0v) is 13.5. The summed E-state index contributed by atoms with van der Waals surface area (Å²) in [5.41, 5.74) is 7.47. The van der Waals surface area contributed by atoms with E-state index < -0.39 is 0 Å². The summed E-state index contributed by atoms with van der Waals surface area (Å²) in [6, 6.07) is 7.43. The zero-order chi connectivity index (χ0) is 16.2. The number of carbonyl (C=O) groups is 1. The monoisotopic (exact) mass is 330 g/mol. The molecule has 120 valence electrons. The number of halogens is 1. The van der Waals surface area contributed by atoms with Crippen molar-refractivity contribution < 1.29 is 4.79 Å². The number of carbonyl (C=O) groups excluding carboxylic acids is 1. The maximum absolute atomic E-state index is 12.5. The van der Waals surface area contributed by atoms with Crippen LogP contribution in [0.2, 0.25) is 5.02 Å². The molecule has 5 nitrogen and oxygen atoms in total. The fourth-order valence-corrected chi connectivity index (χ4v) is 2.95. The topological polar surface area (TPSA) is 80.9 Å². The zero-order valence-electron chi connectivity index (χ0n) is 12.8. The van der Waals surface area contributed by atoms with Gasteiger partial charge in [-0.25, -0.2) is 9.97 Å². The van der Waals surface area contributed by atoms with E-state index in [1.54, 1.807) is 18.3 Å². The third kappa shape index (κ3) is 3.79. The summed E-state index contributed by atoms with van der Waals surface area (Å²) in [6.07, 6.45) is 7.12. The van der Waals surface area contributed by atoms with Gasteiger partial charge in [0.15, 0.2) is 11.5 Å². The van der Waals surface area contributed by atoms with Crippen molar-refractivity contribution in [3.63, 3.8) is 0 Å². The smallest absolute Gasteiger partial charge is 0.273 e. The molecule has 6 heteroatoms. The van der Waals surface area contributed by atoms with Crippen molar-refractivity contribution in [2.45, 2.75) is 38.1 Å². The van der Waals surface area contributed by atoms with Crippen LogP contribution in [0, 0.1) is 0 Å². The number of anilines is 1. The summed E-state index contributed by atoms with van der Waals surface area (Å²) in [7, 11) is 0. The van der Waals surface area contributed by atoms with E-state index in [4.69, 9.17) is 17.3 Å². The van der Waals surface area contributed by atoms with E-state index in [0.29, 0.717) is 10.7 Å². The molecular formula is C17H19ClN4O. The Hall–Kier alpha value is -2.14. The second-order valence-corrected chi connectivity index (χ2v) is 6.24. The second-order valence-electron chi connectivity index (χ2n) is 5.80. The molecule has 1 aromatic heterocycles. The fraction of sp³-hybridized carbons (Fsp3) is 0.353. The molecule has 23 heavy (non-hydrogen) atoms. The number of aromatic nitrogens is 2. The molecule has 1 amide bonds. The highest BCUT2D eigenvalue weighted by Gasteiger charge is 2.20. The molecule has 3 rings (SSSR count). The van der Waals surface area contributed by atoms with Crippen LogP contribution in [0.1, 0.15) is 42.6 Å². The second kappa shape index (κ2) is 6.96. The molecule has 0 bridgehead atoms. The van der Waals surface area contributed by atoms with Gasteiger partial charge in [0.05, 0.1) is 11.9 Å². The van der Waals surface area contributed by atoms with Gasteiger partial charge in [-0.1, -0.05) is 43.0 Å². The molecular weight excluding hydrogens is 312 g/mol. The van der Waals surface area contributed by atoms with Crippen molar-refractivity contribution in [1.82, 2.24) is 15.3 Å². The lowest BCUT2D eigenvalue weighted by Crippen LogP contribution is -2.37. The number of nitrogens with one attached hydrogen (secondary N) is 1. The summed E-state index contributed by atoms with van der Waals surface area (Å²) in [5.74, 6) is -0.103. The lowest BCUT2D eigenvalue weighted by molar-refractivity contribution is 0.0923. The molecule has 0 spiro atoms. The van der Waals surface area contributed by atoms with Crippen LogP contribution in [-0.2, 0) is 0 Å². The molecule has 0 saturated heterocycles. The highest BCUT2D eigenvalue weighted by atomic mass is 35.5. The predicted octanol–water partition coefficient (Wildman–Crippen LogP) is 3.44. The SMILES string of the molecule is Nc1ncc(-c2ccc(Cl)cc2)nc1C(=O)NC1CCCCC1. The number of nitrogens with two attached hydrogens (primary N) is 1. The normalized spacial score (nSPS) is 15.3. The maximum atomic E-state index is 12.5. The number of hydrogen-bond acceptors (Lipinski definition) is 4. The van der Waals surface area contributed by atoms with E-state index >= 15 is 0 Å². The maximum Gasteiger partial charge on any atom is 0.273 e. The molecule has 1 heterocycles. The third-order valence-corrected chi connectivity index (χ3v) is 4.35. The van der Waals surface area contributed by atoms with Crippen LogP contribution in [0.15, 0.2) is 30.5 Å². The Morgan fingerprint density at radius 2 is 1.87 bits per heavy atom. The average Bonchev–Trinajstić information content (AvgIpc) is 2.57. The first-order chi connectivity index (χ1) is 11.1. The molecule has 0 atom stereocenters. The minimum absolute atomic E-state index is 0.149. The van der Waals surface area contributed by atoms with Crippen molar-refractivity contribution in [3.05, 3.63) is 41.2 Å². The van der Waals surface area contributed by atoms with E-state index in [1.165, 1.54) is 6.42 Å². The van der Waals surface area contributed by atoms with Crippen molar-refractivity contribution >= 4 is 23.3 Å². The van der Waals surface area contributed by atoms with E-state index in [1.807, 2.05) is 12.1 Å². The van der Waals surface area contributed by atoms with Crippen LogP contribution >= 0.6 is 11.6 Å². The molecule has 0 radical (unpaired) electrons. The van der Waals surface area contributed by atoms with Gasteiger partial charge in [-0.15, -0.1) is 0 Å². The molecule has 3 N–H and O–H groups in total. The Bertz CT molecular complexity index is 696. The minimum Gasteiger partial charge on any atom is -0.382 e. The summed E-state index contributed by atoms with van der Waals surface area (Å²) in [4.78, 5) is 21.0. The number of benzene rings is 1. The van der Waals surface area contributed by atoms with Gasteiger partial charge in [-0.2, -0.15) is 0 Å². The average molecular weight is 331 g/mol. The van der Waals surface area contributed by atoms with Crippen molar-refractivity contribution in [1.29, 1.82) is 0 Å². The summed E-state index contributed by atoms with van der Waals surface area (Å²) in [5, 5.41) is 3.67. The van der Waals surface area contributed by atoms with Crippen LogP contribution in [0.3, 0.4) is 0 Å². The van der Waals surface area contributed by atoms with Gasteiger partial charge in [-0.3, -0.25) is 4.79 Å². The molecule has 0 aliphatic heterocycles. The van der Waals surface area contributed by atoms with Gasteiger partial charge in [0, 0.05) is 16.6 Å². The van der Waals surface area contributed by atoms with E-state index in [0.717, 1.165) is 31.2 Å². The molecule has 1 aromatic carbocycles. The Morgan fingerprint density at radius 3 is 2.57 bits per heavy atom. The quantitative estimate of drug-likeness (QED) is 0.903. The molecule has 2 aromatic rings. The minimum atomic E-state index is -0.252. The fourth-order valence-electron chi connectivity index (χ4n) is 2.83. The van der Waals surface area contributed by atoms with Crippen molar-refractivity contribution in [2.75, 3.05) is 5.73 Å². The van der Waals surface area contributed by atoms with E-state index in [-0.39, 0.29) is 23.5 Å². The first-order valence-corrected chi connectivity index (χ1v) is 8.20. The van der Waals surface area contributed by atoms with E-state index in [9.17, 15) is 4.79 Å². The largest absolute Gasteiger partial charge is 0.382 e. The lowest BCUT2D eigenvalue weighted by Gasteiger charge is -2.22. The Morgan fingerprint density at radius 1 is 1.17 bits per heavy atom. The van der Waals surface area contributed by atoms with Crippen molar-refractivity contribution in [2.24, 2.45) is 0 Å². The van der Waals surface area contributed by atoms with Crippen LogP contribution < -0.4 is 11.1 Å². The highest BCUT2D eigenvalue weighted by molar-refractivity contribution is 6.30.